The Labute approximate surface area is 124 Å². The number of nitrogens with one attached hydrogen (secondary N) is 1. The van der Waals surface area contributed by atoms with Crippen LogP contribution in [-0.4, -0.2) is 29.8 Å². The van der Waals surface area contributed by atoms with Crippen molar-refractivity contribution in [2.75, 3.05) is 18.1 Å². The average Bonchev–Trinajstić information content (AvgIpc) is 2.47. The zero-order chi connectivity index (χ0) is 13.8. The highest BCUT2D eigenvalue weighted by Gasteiger charge is 2.38. The quantitative estimate of drug-likeness (QED) is 0.924. The Morgan fingerprint density at radius 2 is 2.10 bits per heavy atom. The number of rotatable bonds is 3. The third-order valence-electron chi connectivity index (χ3n) is 4.44. The van der Waals surface area contributed by atoms with Gasteiger partial charge in [-0.1, -0.05) is 18.2 Å². The van der Waals surface area contributed by atoms with E-state index < -0.39 is 0 Å². The van der Waals surface area contributed by atoms with Crippen molar-refractivity contribution in [1.82, 2.24) is 5.32 Å². The summed E-state index contributed by atoms with van der Waals surface area (Å²) in [6.07, 6.45) is 4.43. The summed E-state index contributed by atoms with van der Waals surface area (Å²) in [6, 6.07) is 7.47. The molecule has 2 aliphatic heterocycles. The Morgan fingerprint density at radius 1 is 1.30 bits per heavy atom. The third-order valence-corrected chi connectivity index (χ3v) is 5.42. The lowest BCUT2D eigenvalue weighted by atomic mass is 9.85. The number of ether oxygens (including phenoxy) is 1. The van der Waals surface area contributed by atoms with E-state index in [4.69, 9.17) is 4.74 Å². The summed E-state index contributed by atoms with van der Waals surface area (Å²) in [7, 11) is 0. The lowest BCUT2D eigenvalue weighted by Gasteiger charge is -2.43. The van der Waals surface area contributed by atoms with Crippen LogP contribution in [0.25, 0.3) is 0 Å². The van der Waals surface area contributed by atoms with Crippen LogP contribution in [0.4, 0.5) is 4.39 Å². The number of halogens is 1. The second kappa shape index (κ2) is 6.46. The molecule has 20 heavy (non-hydrogen) atoms. The van der Waals surface area contributed by atoms with E-state index in [1.54, 1.807) is 6.07 Å². The number of thioether (sulfide) groups is 1. The summed E-state index contributed by atoms with van der Waals surface area (Å²) in [5, 5.41) is 3.52. The molecule has 2 fully saturated rings. The van der Waals surface area contributed by atoms with Gasteiger partial charge in [0.15, 0.2) is 0 Å². The molecule has 1 atom stereocenters. The van der Waals surface area contributed by atoms with Gasteiger partial charge < -0.3 is 10.1 Å². The molecule has 0 amide bonds. The first kappa shape index (κ1) is 14.4. The van der Waals surface area contributed by atoms with Gasteiger partial charge in [0.2, 0.25) is 0 Å². The van der Waals surface area contributed by atoms with Crippen molar-refractivity contribution in [2.24, 2.45) is 0 Å². The molecule has 0 saturated carbocycles. The van der Waals surface area contributed by atoms with Gasteiger partial charge in [-0.25, -0.2) is 4.39 Å². The van der Waals surface area contributed by atoms with Crippen LogP contribution in [-0.2, 0) is 11.3 Å². The van der Waals surface area contributed by atoms with Crippen molar-refractivity contribution < 1.29 is 9.13 Å². The molecule has 0 bridgehead atoms. The molecule has 2 saturated heterocycles. The molecule has 110 valence electrons. The van der Waals surface area contributed by atoms with E-state index in [2.05, 4.69) is 5.32 Å². The minimum absolute atomic E-state index is 0.0936. The van der Waals surface area contributed by atoms with Crippen LogP contribution in [0.1, 0.15) is 31.2 Å². The van der Waals surface area contributed by atoms with E-state index in [1.807, 2.05) is 23.9 Å². The SMILES string of the molecule is Fc1ccccc1CNC1CCOC2(CCSCC2)C1. The average molecular weight is 295 g/mol. The fourth-order valence-electron chi connectivity index (χ4n) is 3.19. The fourth-order valence-corrected chi connectivity index (χ4v) is 4.43. The molecule has 0 radical (unpaired) electrons. The van der Waals surface area contributed by atoms with Gasteiger partial charge >= 0.3 is 0 Å². The lowest BCUT2D eigenvalue weighted by molar-refractivity contribution is -0.0933. The van der Waals surface area contributed by atoms with Crippen molar-refractivity contribution in [3.63, 3.8) is 0 Å². The predicted octanol–water partition coefficient (Wildman–Crippen LogP) is 3.36. The van der Waals surface area contributed by atoms with Crippen molar-refractivity contribution in [2.45, 2.75) is 43.9 Å². The summed E-state index contributed by atoms with van der Waals surface area (Å²) in [5.41, 5.74) is 0.850. The second-order valence-corrected chi connectivity index (χ2v) is 7.03. The van der Waals surface area contributed by atoms with E-state index in [1.165, 1.54) is 17.6 Å². The zero-order valence-corrected chi connectivity index (χ0v) is 12.6. The first-order chi connectivity index (χ1) is 9.77. The minimum atomic E-state index is -0.115. The molecule has 4 heteroatoms. The monoisotopic (exact) mass is 295 g/mol. The van der Waals surface area contributed by atoms with Gasteiger partial charge in [0.1, 0.15) is 5.82 Å². The van der Waals surface area contributed by atoms with E-state index in [9.17, 15) is 4.39 Å². The zero-order valence-electron chi connectivity index (χ0n) is 11.7. The van der Waals surface area contributed by atoms with Crippen LogP contribution in [0.2, 0.25) is 0 Å². The van der Waals surface area contributed by atoms with E-state index in [0.717, 1.165) is 37.9 Å². The molecule has 3 rings (SSSR count). The molecule has 2 nitrogen and oxygen atoms in total. The molecule has 0 aliphatic carbocycles. The van der Waals surface area contributed by atoms with Gasteiger partial charge in [0.05, 0.1) is 5.60 Å². The standard InChI is InChI=1S/C16H22FNOS/c17-15-4-2-1-3-13(15)12-18-14-5-8-19-16(11-14)6-9-20-10-7-16/h1-4,14,18H,5-12H2. The van der Waals surface area contributed by atoms with Gasteiger partial charge in [0, 0.05) is 24.8 Å². The van der Waals surface area contributed by atoms with Crippen molar-refractivity contribution in [3.05, 3.63) is 35.6 Å². The first-order valence-electron chi connectivity index (χ1n) is 7.46. The summed E-state index contributed by atoms with van der Waals surface area (Å²) in [5.74, 6) is 2.30. The molecular formula is C16H22FNOS. The Balaban J connectivity index is 1.56. The Kier molecular flexibility index (Phi) is 4.64. The highest BCUT2D eigenvalue weighted by molar-refractivity contribution is 7.99. The van der Waals surface area contributed by atoms with Crippen molar-refractivity contribution >= 4 is 11.8 Å². The van der Waals surface area contributed by atoms with Gasteiger partial charge in [0.25, 0.3) is 0 Å². The molecule has 2 aliphatic rings. The van der Waals surface area contributed by atoms with Gasteiger partial charge in [-0.2, -0.15) is 11.8 Å². The highest BCUT2D eigenvalue weighted by atomic mass is 32.2. The number of hydrogen-bond donors (Lipinski definition) is 1. The van der Waals surface area contributed by atoms with Gasteiger partial charge in [-0.3, -0.25) is 0 Å². The third kappa shape index (κ3) is 3.35. The normalized spacial score (nSPS) is 25.8. The maximum absolute atomic E-state index is 13.6. The summed E-state index contributed by atoms with van der Waals surface area (Å²) < 4.78 is 19.7. The number of benzene rings is 1. The van der Waals surface area contributed by atoms with Crippen molar-refractivity contribution in [1.29, 1.82) is 0 Å². The van der Waals surface area contributed by atoms with Crippen LogP contribution >= 0.6 is 11.8 Å². The summed E-state index contributed by atoms with van der Waals surface area (Å²) >= 11 is 2.03. The first-order valence-corrected chi connectivity index (χ1v) is 8.61. The van der Waals surface area contributed by atoms with Crippen LogP contribution < -0.4 is 5.32 Å². The Bertz CT molecular complexity index is 442. The number of hydrogen-bond acceptors (Lipinski definition) is 3. The molecule has 1 N–H and O–H groups in total. The Hall–Kier alpha value is -0.580. The lowest BCUT2D eigenvalue weighted by Crippen LogP contribution is -2.48. The van der Waals surface area contributed by atoms with E-state index in [0.29, 0.717) is 12.6 Å². The van der Waals surface area contributed by atoms with E-state index in [-0.39, 0.29) is 11.4 Å². The summed E-state index contributed by atoms with van der Waals surface area (Å²) in [6.45, 7) is 1.45. The molecule has 0 aromatic heterocycles. The molecule has 2 heterocycles. The maximum atomic E-state index is 13.6. The Morgan fingerprint density at radius 3 is 2.90 bits per heavy atom. The van der Waals surface area contributed by atoms with Gasteiger partial charge in [-0.05, 0) is 43.3 Å². The van der Waals surface area contributed by atoms with Crippen molar-refractivity contribution in [3.8, 4) is 0 Å². The summed E-state index contributed by atoms with van der Waals surface area (Å²) in [4.78, 5) is 0. The van der Waals surface area contributed by atoms with Gasteiger partial charge in [-0.15, -0.1) is 0 Å². The predicted molar refractivity (Wildman–Crippen MR) is 81.5 cm³/mol. The smallest absolute Gasteiger partial charge is 0.127 e. The molecule has 1 unspecified atom stereocenters. The van der Waals surface area contributed by atoms with E-state index >= 15 is 0 Å². The van der Waals surface area contributed by atoms with Crippen LogP contribution in [0.15, 0.2) is 24.3 Å². The minimum Gasteiger partial charge on any atom is -0.375 e. The second-order valence-electron chi connectivity index (χ2n) is 5.81. The fraction of sp³-hybridized carbons (Fsp3) is 0.625. The maximum Gasteiger partial charge on any atom is 0.127 e. The molecule has 1 spiro atoms. The van der Waals surface area contributed by atoms with Crippen LogP contribution in [0, 0.1) is 5.82 Å². The van der Waals surface area contributed by atoms with Crippen LogP contribution in [0.5, 0.6) is 0 Å². The largest absolute Gasteiger partial charge is 0.375 e. The molecule has 1 aromatic rings. The topological polar surface area (TPSA) is 21.3 Å². The van der Waals surface area contributed by atoms with Crippen LogP contribution in [0.3, 0.4) is 0 Å². The highest BCUT2D eigenvalue weighted by Crippen LogP contribution is 2.37. The molecular weight excluding hydrogens is 273 g/mol. The molecule has 1 aromatic carbocycles.